The lowest BCUT2D eigenvalue weighted by molar-refractivity contribution is -0.385. The number of halogens is 2. The summed E-state index contributed by atoms with van der Waals surface area (Å²) in [5.41, 5.74) is 5.80. The lowest BCUT2D eigenvalue weighted by Gasteiger charge is -2.42. The molecule has 0 aliphatic carbocycles. The van der Waals surface area contributed by atoms with Crippen LogP contribution >= 0.6 is 28.3 Å². The van der Waals surface area contributed by atoms with Gasteiger partial charge in [-0.3, -0.25) is 14.9 Å². The lowest BCUT2D eigenvalue weighted by atomic mass is 9.79. The number of rotatable bonds is 2. The van der Waals surface area contributed by atoms with Crippen molar-refractivity contribution in [1.82, 2.24) is 4.90 Å². The minimum absolute atomic E-state index is 0. The Kier molecular flexibility index (Phi) is 5.95. The van der Waals surface area contributed by atoms with E-state index in [1.54, 1.807) is 11.0 Å². The summed E-state index contributed by atoms with van der Waals surface area (Å²) in [7, 11) is 0. The Bertz CT molecular complexity index is 595. The number of nitro benzene ring substituents is 1. The van der Waals surface area contributed by atoms with Crippen LogP contribution in [-0.4, -0.2) is 34.9 Å². The average Bonchev–Trinajstić information content (AvgIpc) is 2.41. The summed E-state index contributed by atoms with van der Waals surface area (Å²) in [5.74, 6) is -0.311. The van der Waals surface area contributed by atoms with Crippen LogP contribution in [0.2, 0.25) is 0 Å². The van der Waals surface area contributed by atoms with Crippen LogP contribution in [0.3, 0.4) is 0 Å². The van der Waals surface area contributed by atoms with Gasteiger partial charge in [0.2, 0.25) is 0 Å². The summed E-state index contributed by atoms with van der Waals surface area (Å²) in [4.78, 5) is 24.9. The molecule has 0 saturated carbocycles. The number of carbonyl (C=O) groups is 1. The third-order valence-corrected chi connectivity index (χ3v) is 4.48. The molecular weight excluding hydrogens is 374 g/mol. The molecule has 1 atom stereocenters. The highest BCUT2D eigenvalue weighted by Gasteiger charge is 2.37. The largest absolute Gasteiger partial charge is 0.338 e. The number of amides is 1. The highest BCUT2D eigenvalue weighted by molar-refractivity contribution is 9.10. The van der Waals surface area contributed by atoms with Crippen molar-refractivity contribution >= 4 is 39.9 Å². The van der Waals surface area contributed by atoms with E-state index in [9.17, 15) is 14.9 Å². The van der Waals surface area contributed by atoms with Gasteiger partial charge in [-0.2, -0.15) is 0 Å². The van der Waals surface area contributed by atoms with Crippen molar-refractivity contribution < 1.29 is 9.72 Å². The number of nitro groups is 1. The van der Waals surface area contributed by atoms with Crippen molar-refractivity contribution in [1.29, 1.82) is 0 Å². The molecule has 8 heteroatoms. The normalized spacial score (nSPS) is 20.2. The van der Waals surface area contributed by atoms with Gasteiger partial charge in [0, 0.05) is 29.7 Å². The first-order valence-electron chi connectivity index (χ1n) is 6.71. The summed E-state index contributed by atoms with van der Waals surface area (Å²) in [6.45, 7) is 5.04. The van der Waals surface area contributed by atoms with E-state index in [0.717, 1.165) is 0 Å². The Morgan fingerprint density at radius 1 is 1.50 bits per heavy atom. The molecule has 122 valence electrons. The molecule has 0 radical (unpaired) electrons. The van der Waals surface area contributed by atoms with Crippen molar-refractivity contribution in [2.75, 3.05) is 13.1 Å². The van der Waals surface area contributed by atoms with Gasteiger partial charge in [-0.05, 0) is 24.0 Å². The van der Waals surface area contributed by atoms with Crippen LogP contribution in [0.15, 0.2) is 22.7 Å². The quantitative estimate of drug-likeness (QED) is 0.619. The molecule has 1 aliphatic rings. The summed E-state index contributed by atoms with van der Waals surface area (Å²) in [6, 6.07) is 4.52. The molecule has 1 heterocycles. The molecule has 1 saturated heterocycles. The Balaban J connectivity index is 0.00000242. The average molecular weight is 393 g/mol. The van der Waals surface area contributed by atoms with Crippen LogP contribution in [0, 0.1) is 15.5 Å². The Labute approximate surface area is 143 Å². The molecule has 1 unspecified atom stereocenters. The molecule has 0 spiro atoms. The van der Waals surface area contributed by atoms with Gasteiger partial charge >= 0.3 is 0 Å². The van der Waals surface area contributed by atoms with E-state index in [0.29, 0.717) is 24.0 Å². The van der Waals surface area contributed by atoms with Crippen LogP contribution < -0.4 is 5.73 Å². The smallest absolute Gasteiger partial charge is 0.283 e. The van der Waals surface area contributed by atoms with E-state index < -0.39 is 4.92 Å². The number of benzene rings is 1. The number of piperidine rings is 1. The maximum atomic E-state index is 12.6. The molecule has 22 heavy (non-hydrogen) atoms. The first-order valence-corrected chi connectivity index (χ1v) is 7.50. The molecule has 0 aromatic heterocycles. The summed E-state index contributed by atoms with van der Waals surface area (Å²) in [5, 5.41) is 11.1. The van der Waals surface area contributed by atoms with E-state index in [-0.39, 0.29) is 41.0 Å². The first kappa shape index (κ1) is 18.9. The first-order chi connectivity index (χ1) is 9.72. The molecular formula is C14H19BrClN3O3. The second-order valence-electron chi connectivity index (χ2n) is 6.03. The summed E-state index contributed by atoms with van der Waals surface area (Å²) in [6.07, 6.45) is 0.697. The van der Waals surface area contributed by atoms with Crippen molar-refractivity contribution in [2.45, 2.75) is 26.3 Å². The summed E-state index contributed by atoms with van der Waals surface area (Å²) < 4.78 is 0.576. The van der Waals surface area contributed by atoms with Crippen LogP contribution in [0.4, 0.5) is 5.69 Å². The predicted molar refractivity (Wildman–Crippen MR) is 90.3 cm³/mol. The van der Waals surface area contributed by atoms with E-state index >= 15 is 0 Å². The number of carbonyl (C=O) groups excluding carboxylic acids is 1. The maximum absolute atomic E-state index is 12.6. The topological polar surface area (TPSA) is 89.5 Å². The second-order valence-corrected chi connectivity index (χ2v) is 6.94. The lowest BCUT2D eigenvalue weighted by Crippen LogP contribution is -2.54. The van der Waals surface area contributed by atoms with Crippen LogP contribution in [-0.2, 0) is 0 Å². The SMILES string of the molecule is CC1(C)CN(C(=O)c2ccc(Br)cc2[N+](=O)[O-])CCC1N.Cl. The van der Waals surface area contributed by atoms with E-state index in [4.69, 9.17) is 5.73 Å². The van der Waals surface area contributed by atoms with Gasteiger partial charge in [0.25, 0.3) is 11.6 Å². The zero-order valence-electron chi connectivity index (χ0n) is 12.4. The number of likely N-dealkylation sites (tertiary alicyclic amines) is 1. The van der Waals surface area contributed by atoms with Crippen LogP contribution in [0.25, 0.3) is 0 Å². The molecule has 1 aliphatic heterocycles. The fourth-order valence-corrected chi connectivity index (χ4v) is 2.90. The monoisotopic (exact) mass is 391 g/mol. The third kappa shape index (κ3) is 3.77. The molecule has 2 N–H and O–H groups in total. The van der Waals surface area contributed by atoms with Gasteiger partial charge in [0.05, 0.1) is 4.92 Å². The number of nitrogens with zero attached hydrogens (tertiary/aromatic N) is 2. The van der Waals surface area contributed by atoms with Gasteiger partial charge in [0.1, 0.15) is 5.56 Å². The molecule has 1 aromatic carbocycles. The number of hydrogen-bond acceptors (Lipinski definition) is 4. The molecule has 1 fully saturated rings. The standard InChI is InChI=1S/C14H18BrN3O3.ClH/c1-14(2)8-17(6-5-12(14)16)13(19)10-4-3-9(15)7-11(10)18(20)21;/h3-4,7,12H,5-6,8,16H2,1-2H3;1H. The van der Waals surface area contributed by atoms with Crippen molar-refractivity contribution in [3.8, 4) is 0 Å². The molecule has 0 bridgehead atoms. The fourth-order valence-electron chi connectivity index (χ4n) is 2.55. The maximum Gasteiger partial charge on any atom is 0.283 e. The molecule has 1 amide bonds. The van der Waals surface area contributed by atoms with Gasteiger partial charge in [-0.25, -0.2) is 0 Å². The molecule has 6 nitrogen and oxygen atoms in total. The Hall–Kier alpha value is -1.18. The van der Waals surface area contributed by atoms with Crippen LogP contribution in [0.1, 0.15) is 30.6 Å². The molecule has 2 rings (SSSR count). The van der Waals surface area contributed by atoms with Crippen LogP contribution in [0.5, 0.6) is 0 Å². The predicted octanol–water partition coefficient (Wildman–Crippen LogP) is 2.98. The molecule has 1 aromatic rings. The van der Waals surface area contributed by atoms with E-state index in [2.05, 4.69) is 15.9 Å². The summed E-state index contributed by atoms with van der Waals surface area (Å²) >= 11 is 3.19. The third-order valence-electron chi connectivity index (χ3n) is 3.99. The second kappa shape index (κ2) is 6.93. The number of hydrogen-bond donors (Lipinski definition) is 1. The Morgan fingerprint density at radius 2 is 2.14 bits per heavy atom. The van der Waals surface area contributed by atoms with Crippen molar-refractivity contribution in [3.05, 3.63) is 38.3 Å². The Morgan fingerprint density at radius 3 is 2.68 bits per heavy atom. The van der Waals surface area contributed by atoms with Gasteiger partial charge in [-0.15, -0.1) is 12.4 Å². The number of nitrogens with two attached hydrogens (primary N) is 1. The van der Waals surface area contributed by atoms with Crippen molar-refractivity contribution in [3.63, 3.8) is 0 Å². The van der Waals surface area contributed by atoms with Crippen molar-refractivity contribution in [2.24, 2.45) is 11.1 Å². The zero-order chi connectivity index (χ0) is 15.8. The fraction of sp³-hybridized carbons (Fsp3) is 0.500. The van der Waals surface area contributed by atoms with Gasteiger partial charge < -0.3 is 10.6 Å². The van der Waals surface area contributed by atoms with E-state index in [1.165, 1.54) is 12.1 Å². The zero-order valence-corrected chi connectivity index (χ0v) is 14.8. The highest BCUT2D eigenvalue weighted by atomic mass is 79.9. The van der Waals surface area contributed by atoms with Gasteiger partial charge in [0.15, 0.2) is 0 Å². The highest BCUT2D eigenvalue weighted by Crippen LogP contribution is 2.31. The van der Waals surface area contributed by atoms with E-state index in [1.807, 2.05) is 13.8 Å². The minimum Gasteiger partial charge on any atom is -0.338 e. The van der Waals surface area contributed by atoms with Gasteiger partial charge in [-0.1, -0.05) is 29.8 Å². The minimum atomic E-state index is -0.529.